The molecule has 1 rings (SSSR count). The van der Waals surface area contributed by atoms with Crippen LogP contribution in [0.25, 0.3) is 0 Å². The van der Waals surface area contributed by atoms with Crippen molar-refractivity contribution in [3.8, 4) is 0 Å². The second kappa shape index (κ2) is 6.96. The van der Waals surface area contributed by atoms with Crippen molar-refractivity contribution in [2.24, 2.45) is 5.92 Å². The van der Waals surface area contributed by atoms with E-state index in [4.69, 9.17) is 5.11 Å². The highest BCUT2D eigenvalue weighted by molar-refractivity contribution is 5.80. The van der Waals surface area contributed by atoms with Crippen molar-refractivity contribution in [2.45, 2.75) is 19.3 Å². The van der Waals surface area contributed by atoms with Gasteiger partial charge in [-0.3, -0.25) is 9.59 Å². The molecule has 0 aromatic rings. The maximum atomic E-state index is 12.1. The van der Waals surface area contributed by atoms with Crippen LogP contribution in [0.2, 0.25) is 0 Å². The molecule has 1 atom stereocenters. The number of carboxylic acids is 1. The van der Waals surface area contributed by atoms with Crippen molar-refractivity contribution in [1.82, 2.24) is 9.80 Å². The van der Waals surface area contributed by atoms with Crippen molar-refractivity contribution in [1.29, 1.82) is 0 Å². The molecule has 0 spiro atoms. The summed E-state index contributed by atoms with van der Waals surface area (Å²) >= 11 is 0. The number of carboxylic acid groups (broad SMARTS) is 1. The van der Waals surface area contributed by atoms with Crippen molar-refractivity contribution < 1.29 is 24.2 Å². The minimum Gasteiger partial charge on any atom is -0.481 e. The monoisotopic (exact) mass is 272 g/mol. The molecule has 7 nitrogen and oxygen atoms in total. The van der Waals surface area contributed by atoms with Gasteiger partial charge in [0.15, 0.2) is 0 Å². The topological polar surface area (TPSA) is 87.2 Å². The van der Waals surface area contributed by atoms with Crippen LogP contribution in [0, 0.1) is 5.92 Å². The second-order valence-electron chi connectivity index (χ2n) is 4.77. The van der Waals surface area contributed by atoms with Crippen molar-refractivity contribution in [2.75, 3.05) is 33.8 Å². The van der Waals surface area contributed by atoms with E-state index in [0.29, 0.717) is 13.1 Å². The highest BCUT2D eigenvalue weighted by Crippen LogP contribution is 2.20. The summed E-state index contributed by atoms with van der Waals surface area (Å²) in [6, 6.07) is -0.263. The smallest absolute Gasteiger partial charge is 0.325 e. The van der Waals surface area contributed by atoms with Gasteiger partial charge in [0.05, 0.1) is 7.11 Å². The summed E-state index contributed by atoms with van der Waals surface area (Å²) in [5, 5.41) is 8.78. The number of carbonyl (C=O) groups is 3. The standard InChI is InChI=1S/C12H20N2O5/c1-13(8-11(17)19-2)12(18)14-5-3-4-9(7-14)6-10(15)16/h9H,3-8H2,1-2H3,(H,15,16). The molecule has 7 heteroatoms. The molecule has 0 aromatic heterocycles. The Morgan fingerprint density at radius 3 is 2.68 bits per heavy atom. The third-order valence-corrected chi connectivity index (χ3v) is 3.17. The molecule has 1 N–H and O–H groups in total. The Hall–Kier alpha value is -1.79. The van der Waals surface area contributed by atoms with Crippen LogP contribution in [0.15, 0.2) is 0 Å². The van der Waals surface area contributed by atoms with Gasteiger partial charge in [-0.2, -0.15) is 0 Å². The lowest BCUT2D eigenvalue weighted by molar-refractivity contribution is -0.141. The predicted octanol–water partition coefficient (Wildman–Crippen LogP) is 0.398. The molecule has 1 aliphatic heterocycles. The molecule has 19 heavy (non-hydrogen) atoms. The predicted molar refractivity (Wildman–Crippen MR) is 66.6 cm³/mol. The molecular formula is C12H20N2O5. The van der Waals surface area contributed by atoms with Crippen molar-refractivity contribution in [3.05, 3.63) is 0 Å². The van der Waals surface area contributed by atoms with E-state index in [1.54, 1.807) is 4.90 Å². The third kappa shape index (κ3) is 4.76. The van der Waals surface area contributed by atoms with E-state index in [9.17, 15) is 14.4 Å². The average molecular weight is 272 g/mol. The number of esters is 1. The maximum Gasteiger partial charge on any atom is 0.325 e. The number of aliphatic carboxylic acids is 1. The van der Waals surface area contributed by atoms with Gasteiger partial charge in [-0.05, 0) is 18.8 Å². The van der Waals surface area contributed by atoms with E-state index in [1.807, 2.05) is 0 Å². The summed E-state index contributed by atoms with van der Waals surface area (Å²) in [5.74, 6) is -1.33. The summed E-state index contributed by atoms with van der Waals surface area (Å²) in [6.45, 7) is 0.923. The summed E-state index contributed by atoms with van der Waals surface area (Å²) in [7, 11) is 2.80. The number of hydrogen-bond acceptors (Lipinski definition) is 4. The molecule has 1 unspecified atom stereocenters. The van der Waals surface area contributed by atoms with Crippen LogP contribution in [0.5, 0.6) is 0 Å². The third-order valence-electron chi connectivity index (χ3n) is 3.17. The molecule has 0 radical (unpaired) electrons. The Morgan fingerprint density at radius 1 is 1.42 bits per heavy atom. The first-order chi connectivity index (χ1) is 8.93. The Kier molecular flexibility index (Phi) is 5.59. The number of rotatable bonds is 4. The van der Waals surface area contributed by atoms with Gasteiger partial charge in [-0.25, -0.2) is 4.79 Å². The lowest BCUT2D eigenvalue weighted by Crippen LogP contribution is -2.47. The van der Waals surface area contributed by atoms with E-state index >= 15 is 0 Å². The Morgan fingerprint density at radius 2 is 2.11 bits per heavy atom. The summed E-state index contributed by atoms with van der Waals surface area (Å²) in [6.07, 6.45) is 1.68. The molecule has 0 bridgehead atoms. The fourth-order valence-electron chi connectivity index (χ4n) is 2.22. The SMILES string of the molecule is COC(=O)CN(C)C(=O)N1CCCC(CC(=O)O)C1. The quantitative estimate of drug-likeness (QED) is 0.748. The summed E-state index contributed by atoms with van der Waals surface area (Å²) in [5.41, 5.74) is 0. The molecule has 1 saturated heterocycles. The van der Waals surface area contributed by atoms with Gasteiger partial charge in [-0.15, -0.1) is 0 Å². The molecule has 0 aliphatic carbocycles. The van der Waals surface area contributed by atoms with Crippen LogP contribution in [0.1, 0.15) is 19.3 Å². The van der Waals surface area contributed by atoms with Gasteiger partial charge in [0.2, 0.25) is 0 Å². The number of piperidine rings is 1. The van der Waals surface area contributed by atoms with E-state index < -0.39 is 11.9 Å². The average Bonchev–Trinajstić information content (AvgIpc) is 2.37. The Bertz CT molecular complexity index is 358. The van der Waals surface area contributed by atoms with Crippen molar-refractivity contribution in [3.63, 3.8) is 0 Å². The van der Waals surface area contributed by atoms with Gasteiger partial charge in [0.1, 0.15) is 6.54 Å². The Labute approximate surface area is 112 Å². The first kappa shape index (κ1) is 15.3. The van der Waals surface area contributed by atoms with Gasteiger partial charge < -0.3 is 19.6 Å². The molecular weight excluding hydrogens is 252 g/mol. The molecule has 1 heterocycles. The fraction of sp³-hybridized carbons (Fsp3) is 0.750. The fourth-order valence-corrected chi connectivity index (χ4v) is 2.22. The number of amides is 2. The first-order valence-electron chi connectivity index (χ1n) is 6.22. The molecule has 1 fully saturated rings. The largest absolute Gasteiger partial charge is 0.481 e. The van der Waals surface area contributed by atoms with Gasteiger partial charge in [0.25, 0.3) is 0 Å². The molecule has 1 aliphatic rings. The minimum absolute atomic E-state index is 0.0123. The number of likely N-dealkylation sites (N-methyl/N-ethyl adjacent to an activating group) is 1. The van der Waals surface area contributed by atoms with Gasteiger partial charge in [0, 0.05) is 26.6 Å². The van der Waals surface area contributed by atoms with E-state index in [-0.39, 0.29) is 24.9 Å². The zero-order chi connectivity index (χ0) is 14.4. The second-order valence-corrected chi connectivity index (χ2v) is 4.77. The van der Waals surface area contributed by atoms with Crippen molar-refractivity contribution >= 4 is 18.0 Å². The molecule has 0 aromatic carbocycles. The van der Waals surface area contributed by atoms with E-state index in [2.05, 4.69) is 4.74 Å². The number of methoxy groups -OCH3 is 1. The van der Waals surface area contributed by atoms with Gasteiger partial charge >= 0.3 is 18.0 Å². The highest BCUT2D eigenvalue weighted by atomic mass is 16.5. The van der Waals surface area contributed by atoms with Crippen LogP contribution in [-0.2, 0) is 14.3 Å². The number of hydrogen-bond donors (Lipinski definition) is 1. The molecule has 0 saturated carbocycles. The zero-order valence-corrected chi connectivity index (χ0v) is 11.3. The number of likely N-dealkylation sites (tertiary alicyclic amines) is 1. The number of ether oxygens (including phenoxy) is 1. The van der Waals surface area contributed by atoms with E-state index in [0.717, 1.165) is 12.8 Å². The van der Waals surface area contributed by atoms with Crippen LogP contribution < -0.4 is 0 Å². The maximum absolute atomic E-state index is 12.1. The molecule has 108 valence electrons. The highest BCUT2D eigenvalue weighted by Gasteiger charge is 2.27. The lowest BCUT2D eigenvalue weighted by Gasteiger charge is -2.34. The first-order valence-corrected chi connectivity index (χ1v) is 6.22. The minimum atomic E-state index is -0.845. The zero-order valence-electron chi connectivity index (χ0n) is 11.3. The lowest BCUT2D eigenvalue weighted by atomic mass is 9.95. The number of carbonyl (C=O) groups excluding carboxylic acids is 2. The Balaban J connectivity index is 2.51. The summed E-state index contributed by atoms with van der Waals surface area (Å²) < 4.78 is 4.50. The van der Waals surface area contributed by atoms with Crippen LogP contribution in [-0.4, -0.2) is 66.7 Å². The molecule has 2 amide bonds. The van der Waals surface area contributed by atoms with Crippen LogP contribution in [0.3, 0.4) is 0 Å². The van der Waals surface area contributed by atoms with E-state index in [1.165, 1.54) is 19.1 Å². The normalized spacial score (nSPS) is 18.8. The number of nitrogens with zero attached hydrogens (tertiary/aromatic N) is 2. The van der Waals surface area contributed by atoms with Crippen LogP contribution in [0.4, 0.5) is 4.79 Å². The van der Waals surface area contributed by atoms with Gasteiger partial charge in [-0.1, -0.05) is 0 Å². The van der Waals surface area contributed by atoms with Crippen LogP contribution >= 0.6 is 0 Å². The number of urea groups is 1. The summed E-state index contributed by atoms with van der Waals surface area (Å²) in [4.78, 5) is 36.8.